The molecule has 0 bridgehead atoms. The molecule has 0 N–H and O–H groups in total. The van der Waals surface area contributed by atoms with E-state index in [1.807, 2.05) is 6.92 Å². The number of esters is 1. The van der Waals surface area contributed by atoms with Gasteiger partial charge in [-0.15, -0.1) is 0 Å². The predicted molar refractivity (Wildman–Crippen MR) is 72.8 cm³/mol. The number of oxime groups is 1. The second-order valence-electron chi connectivity index (χ2n) is 4.33. The van der Waals surface area contributed by atoms with Crippen LogP contribution < -0.4 is 0 Å². The van der Waals surface area contributed by atoms with Crippen molar-refractivity contribution in [2.75, 3.05) is 20.0 Å². The third kappa shape index (κ3) is 2.29. The van der Waals surface area contributed by atoms with Gasteiger partial charge in [0.15, 0.2) is 9.84 Å². The zero-order valence-corrected chi connectivity index (χ0v) is 12.3. The van der Waals surface area contributed by atoms with Gasteiger partial charge >= 0.3 is 5.97 Å². The summed E-state index contributed by atoms with van der Waals surface area (Å²) in [6.45, 7) is 1.88. The third-order valence-electron chi connectivity index (χ3n) is 3.17. The van der Waals surface area contributed by atoms with Crippen molar-refractivity contribution in [2.45, 2.75) is 18.2 Å². The Bertz CT molecular complexity index is 691. The molecule has 6 nitrogen and oxygen atoms in total. The highest BCUT2D eigenvalue weighted by Crippen LogP contribution is 2.30. The molecule has 1 heterocycles. The van der Waals surface area contributed by atoms with Crippen molar-refractivity contribution in [1.82, 2.24) is 0 Å². The second kappa shape index (κ2) is 5.24. The molecule has 0 spiro atoms. The van der Waals surface area contributed by atoms with E-state index in [0.29, 0.717) is 17.7 Å². The Morgan fingerprint density at radius 3 is 2.60 bits per heavy atom. The lowest BCUT2D eigenvalue weighted by atomic mass is 10.00. The molecular weight excluding hydrogens is 282 g/mol. The summed E-state index contributed by atoms with van der Waals surface area (Å²) in [6, 6.07) is 3.04. The van der Waals surface area contributed by atoms with E-state index in [9.17, 15) is 13.2 Å². The van der Waals surface area contributed by atoms with Crippen LogP contribution >= 0.6 is 0 Å². The monoisotopic (exact) mass is 297 g/mol. The molecule has 0 radical (unpaired) electrons. The standard InChI is InChI=1S/C13H15NO5S/c1-4-8-5-10-11(14-19-3)7-20(16,17)12(10)6-9(8)13(15)18-2/h5-6H,4,7H2,1-3H3/b14-11+. The van der Waals surface area contributed by atoms with Crippen LogP contribution in [0.1, 0.15) is 28.4 Å². The lowest BCUT2D eigenvalue weighted by Gasteiger charge is -2.08. The number of fused-ring (bicyclic) bond motifs is 1. The van der Waals surface area contributed by atoms with Crippen molar-refractivity contribution in [3.8, 4) is 0 Å². The molecule has 0 aliphatic carbocycles. The van der Waals surface area contributed by atoms with Gasteiger partial charge in [-0.25, -0.2) is 13.2 Å². The van der Waals surface area contributed by atoms with E-state index in [1.165, 1.54) is 20.3 Å². The zero-order valence-electron chi connectivity index (χ0n) is 11.5. The third-order valence-corrected chi connectivity index (χ3v) is 4.83. The van der Waals surface area contributed by atoms with E-state index in [2.05, 4.69) is 9.99 Å². The van der Waals surface area contributed by atoms with Crippen LogP contribution in [0.3, 0.4) is 0 Å². The summed E-state index contributed by atoms with van der Waals surface area (Å²) >= 11 is 0. The van der Waals surface area contributed by atoms with Gasteiger partial charge in [0.25, 0.3) is 0 Å². The number of carbonyl (C=O) groups is 1. The second-order valence-corrected chi connectivity index (χ2v) is 6.29. The number of ether oxygens (including phenoxy) is 1. The molecule has 0 amide bonds. The number of carbonyl (C=O) groups excluding carboxylic acids is 1. The maximum absolute atomic E-state index is 12.1. The summed E-state index contributed by atoms with van der Waals surface area (Å²) < 4.78 is 28.9. The fraction of sp³-hybridized carbons (Fsp3) is 0.385. The molecule has 0 atom stereocenters. The summed E-state index contributed by atoms with van der Waals surface area (Å²) in [5.74, 6) is -0.763. The number of hydrogen-bond acceptors (Lipinski definition) is 6. The molecule has 1 aliphatic rings. The molecule has 1 aromatic rings. The van der Waals surface area contributed by atoms with E-state index < -0.39 is 15.8 Å². The Morgan fingerprint density at radius 1 is 1.35 bits per heavy atom. The minimum Gasteiger partial charge on any atom is -0.465 e. The predicted octanol–water partition coefficient (Wildman–Crippen LogP) is 1.17. The van der Waals surface area contributed by atoms with Gasteiger partial charge in [0.1, 0.15) is 18.6 Å². The maximum atomic E-state index is 12.1. The van der Waals surface area contributed by atoms with Crippen LogP contribution in [-0.4, -0.2) is 40.1 Å². The summed E-state index contributed by atoms with van der Waals surface area (Å²) in [6.07, 6.45) is 0.581. The Hall–Kier alpha value is -1.89. The number of methoxy groups -OCH3 is 1. The molecule has 0 saturated heterocycles. The average molecular weight is 297 g/mol. The molecule has 2 rings (SSSR count). The minimum absolute atomic E-state index is 0.103. The van der Waals surface area contributed by atoms with E-state index >= 15 is 0 Å². The van der Waals surface area contributed by atoms with Crippen molar-refractivity contribution < 1.29 is 22.8 Å². The highest BCUT2D eigenvalue weighted by Gasteiger charge is 2.34. The van der Waals surface area contributed by atoms with Crippen LogP contribution in [0.15, 0.2) is 22.2 Å². The van der Waals surface area contributed by atoms with Crippen molar-refractivity contribution in [1.29, 1.82) is 0 Å². The van der Waals surface area contributed by atoms with E-state index in [1.54, 1.807) is 6.07 Å². The first-order chi connectivity index (χ1) is 9.44. The van der Waals surface area contributed by atoms with Crippen LogP contribution in [0.5, 0.6) is 0 Å². The van der Waals surface area contributed by atoms with Gasteiger partial charge in [-0.2, -0.15) is 0 Å². The number of sulfone groups is 1. The number of aryl methyl sites for hydroxylation is 1. The Kier molecular flexibility index (Phi) is 3.80. The Balaban J connectivity index is 2.72. The molecule has 20 heavy (non-hydrogen) atoms. The smallest absolute Gasteiger partial charge is 0.338 e. The van der Waals surface area contributed by atoms with Crippen LogP contribution in [0.4, 0.5) is 0 Å². The highest BCUT2D eigenvalue weighted by atomic mass is 32.2. The first kappa shape index (κ1) is 14.5. The van der Waals surface area contributed by atoms with E-state index in [4.69, 9.17) is 4.74 Å². The van der Waals surface area contributed by atoms with Crippen LogP contribution in [-0.2, 0) is 25.8 Å². The average Bonchev–Trinajstić information content (AvgIpc) is 2.68. The van der Waals surface area contributed by atoms with Crippen molar-refractivity contribution in [2.24, 2.45) is 5.16 Å². The molecule has 0 fully saturated rings. The SMILES string of the molecule is CCc1cc2c(cc1C(=O)OC)S(=O)(=O)C/C2=N\OC. The normalized spacial score (nSPS) is 17.9. The highest BCUT2D eigenvalue weighted by molar-refractivity contribution is 7.92. The lowest BCUT2D eigenvalue weighted by molar-refractivity contribution is 0.0599. The quantitative estimate of drug-likeness (QED) is 0.618. The Labute approximate surface area is 117 Å². The summed E-state index contributed by atoms with van der Waals surface area (Å²) in [7, 11) is -0.857. The Morgan fingerprint density at radius 2 is 2.05 bits per heavy atom. The van der Waals surface area contributed by atoms with Crippen LogP contribution in [0, 0.1) is 0 Å². The van der Waals surface area contributed by atoms with Gasteiger partial charge in [-0.05, 0) is 24.1 Å². The number of benzene rings is 1. The molecule has 0 aromatic heterocycles. The van der Waals surface area contributed by atoms with Gasteiger partial charge in [0.2, 0.25) is 0 Å². The van der Waals surface area contributed by atoms with Crippen LogP contribution in [0.25, 0.3) is 0 Å². The topological polar surface area (TPSA) is 82.0 Å². The number of rotatable bonds is 3. The summed E-state index contributed by atoms with van der Waals surface area (Å²) in [5.41, 5.74) is 1.84. The fourth-order valence-electron chi connectivity index (χ4n) is 2.22. The van der Waals surface area contributed by atoms with Gasteiger partial charge in [0.05, 0.1) is 17.6 Å². The first-order valence-corrected chi connectivity index (χ1v) is 7.68. The van der Waals surface area contributed by atoms with E-state index in [0.717, 1.165) is 5.56 Å². The number of nitrogens with zero attached hydrogens (tertiary/aromatic N) is 1. The van der Waals surface area contributed by atoms with Gasteiger partial charge in [-0.3, -0.25) is 0 Å². The van der Waals surface area contributed by atoms with Crippen LogP contribution in [0.2, 0.25) is 0 Å². The molecule has 0 unspecified atom stereocenters. The summed E-state index contributed by atoms with van der Waals surface area (Å²) in [4.78, 5) is 16.5. The first-order valence-electron chi connectivity index (χ1n) is 6.03. The molecule has 7 heteroatoms. The lowest BCUT2D eigenvalue weighted by Crippen LogP contribution is -2.08. The van der Waals surface area contributed by atoms with Crippen molar-refractivity contribution in [3.63, 3.8) is 0 Å². The van der Waals surface area contributed by atoms with Gasteiger partial charge < -0.3 is 9.57 Å². The molecular formula is C13H15NO5S. The van der Waals surface area contributed by atoms with Gasteiger partial charge in [0, 0.05) is 5.56 Å². The molecule has 1 aliphatic heterocycles. The summed E-state index contributed by atoms with van der Waals surface area (Å²) in [5, 5.41) is 3.75. The molecule has 108 valence electrons. The fourth-order valence-corrected chi connectivity index (χ4v) is 3.75. The molecule has 0 saturated carbocycles. The number of hydrogen-bond donors (Lipinski definition) is 0. The van der Waals surface area contributed by atoms with Crippen molar-refractivity contribution in [3.05, 3.63) is 28.8 Å². The van der Waals surface area contributed by atoms with E-state index in [-0.39, 0.29) is 16.2 Å². The maximum Gasteiger partial charge on any atom is 0.338 e. The molecule has 1 aromatic carbocycles. The van der Waals surface area contributed by atoms with Gasteiger partial charge in [-0.1, -0.05) is 12.1 Å². The van der Waals surface area contributed by atoms with Crippen molar-refractivity contribution >= 4 is 21.5 Å². The largest absolute Gasteiger partial charge is 0.465 e. The zero-order chi connectivity index (χ0) is 14.9. The minimum atomic E-state index is -3.48.